The van der Waals surface area contributed by atoms with Crippen molar-refractivity contribution in [1.82, 2.24) is 10.2 Å². The lowest BCUT2D eigenvalue weighted by molar-refractivity contribution is -0.138. The predicted molar refractivity (Wildman–Crippen MR) is 85.8 cm³/mol. The molecule has 0 spiro atoms. The lowest BCUT2D eigenvalue weighted by Gasteiger charge is -2.38. The molecule has 1 amide bonds. The third-order valence-corrected chi connectivity index (χ3v) is 4.84. The Kier molecular flexibility index (Phi) is 4.99. The third kappa shape index (κ3) is 3.83. The number of amides is 1. The van der Waals surface area contributed by atoms with E-state index >= 15 is 0 Å². The molecule has 1 aromatic rings. The molecule has 0 unspecified atom stereocenters. The zero-order valence-corrected chi connectivity index (χ0v) is 13.5. The highest BCUT2D eigenvalue weighted by molar-refractivity contribution is 5.79. The zero-order valence-electron chi connectivity index (χ0n) is 13.5. The molecule has 1 N–H and O–H groups in total. The van der Waals surface area contributed by atoms with Crippen molar-refractivity contribution in [1.29, 1.82) is 0 Å². The number of rotatable bonds is 2. The van der Waals surface area contributed by atoms with Crippen molar-refractivity contribution in [2.75, 3.05) is 44.2 Å². The van der Waals surface area contributed by atoms with Crippen LogP contribution in [0.2, 0.25) is 0 Å². The van der Waals surface area contributed by atoms with Crippen LogP contribution < -0.4 is 10.2 Å². The molecule has 0 aromatic heterocycles. The number of anilines is 1. The predicted octanol–water partition coefficient (Wildman–Crippen LogP) is 2.35. The van der Waals surface area contributed by atoms with Gasteiger partial charge < -0.3 is 15.1 Å². The zero-order chi connectivity index (χ0) is 17.2. The first-order chi connectivity index (χ1) is 11.4. The highest BCUT2D eigenvalue weighted by Crippen LogP contribution is 2.30. The monoisotopic (exact) mass is 341 g/mol. The minimum absolute atomic E-state index is 0.115. The van der Waals surface area contributed by atoms with E-state index in [1.54, 1.807) is 0 Å². The number of carbonyl (C=O) groups excluding carboxylic acids is 1. The Morgan fingerprint density at radius 1 is 1.00 bits per heavy atom. The average molecular weight is 341 g/mol. The second-order valence-corrected chi connectivity index (χ2v) is 6.38. The van der Waals surface area contributed by atoms with E-state index in [0.29, 0.717) is 26.2 Å². The molecule has 0 aliphatic carbocycles. The molecule has 132 valence electrons. The van der Waals surface area contributed by atoms with Crippen molar-refractivity contribution in [2.45, 2.75) is 19.0 Å². The van der Waals surface area contributed by atoms with Gasteiger partial charge in [0.2, 0.25) is 5.91 Å². The lowest BCUT2D eigenvalue weighted by Crippen LogP contribution is -2.51. The van der Waals surface area contributed by atoms with Gasteiger partial charge in [-0.3, -0.25) is 4.79 Å². The lowest BCUT2D eigenvalue weighted by atomic mass is 9.96. The van der Waals surface area contributed by atoms with Gasteiger partial charge in [-0.15, -0.1) is 0 Å². The summed E-state index contributed by atoms with van der Waals surface area (Å²) in [4.78, 5) is 16.4. The van der Waals surface area contributed by atoms with Crippen LogP contribution in [0.4, 0.5) is 18.9 Å². The van der Waals surface area contributed by atoms with Gasteiger partial charge in [0.1, 0.15) is 0 Å². The number of alkyl halides is 3. The number of carbonyl (C=O) groups is 1. The summed E-state index contributed by atoms with van der Waals surface area (Å²) in [5.74, 6) is 0.340. The van der Waals surface area contributed by atoms with E-state index in [0.717, 1.165) is 43.8 Å². The molecule has 2 heterocycles. The second kappa shape index (κ2) is 7.01. The fourth-order valence-corrected chi connectivity index (χ4v) is 3.37. The highest BCUT2D eigenvalue weighted by Gasteiger charge is 2.31. The summed E-state index contributed by atoms with van der Waals surface area (Å²) in [6, 6.07) is 5.24. The minimum atomic E-state index is -4.31. The first-order valence-corrected chi connectivity index (χ1v) is 8.37. The van der Waals surface area contributed by atoms with Crippen LogP contribution in [-0.2, 0) is 11.0 Å². The summed E-state index contributed by atoms with van der Waals surface area (Å²) < 4.78 is 37.8. The molecule has 0 radical (unpaired) electrons. The van der Waals surface area contributed by atoms with Crippen LogP contribution in [0, 0.1) is 5.92 Å². The van der Waals surface area contributed by atoms with Crippen LogP contribution in [0.25, 0.3) is 0 Å². The summed E-state index contributed by atoms with van der Waals surface area (Å²) in [5, 5.41) is 3.26. The van der Waals surface area contributed by atoms with Crippen LogP contribution >= 0.6 is 0 Å². The summed E-state index contributed by atoms with van der Waals surface area (Å²) in [5.41, 5.74) is 0.142. The number of piperazine rings is 1. The minimum Gasteiger partial charge on any atom is -0.368 e. The molecule has 24 heavy (non-hydrogen) atoms. The standard InChI is InChI=1S/C17H22F3N3O/c18-17(19,20)14-1-3-15(4-2-14)22-9-11-23(12-10-22)16(24)13-5-7-21-8-6-13/h1-4,13,21H,5-12H2. The number of hydrogen-bond acceptors (Lipinski definition) is 3. The maximum absolute atomic E-state index is 12.6. The van der Waals surface area contributed by atoms with Crippen LogP contribution in [0.15, 0.2) is 24.3 Å². The van der Waals surface area contributed by atoms with Gasteiger partial charge >= 0.3 is 6.18 Å². The highest BCUT2D eigenvalue weighted by atomic mass is 19.4. The van der Waals surface area contributed by atoms with E-state index in [1.165, 1.54) is 12.1 Å². The Morgan fingerprint density at radius 2 is 1.58 bits per heavy atom. The van der Waals surface area contributed by atoms with E-state index < -0.39 is 11.7 Å². The molecular formula is C17H22F3N3O. The normalized spacial score (nSPS) is 20.3. The van der Waals surface area contributed by atoms with E-state index in [-0.39, 0.29) is 11.8 Å². The Labute approximate surface area is 139 Å². The van der Waals surface area contributed by atoms with Crippen molar-refractivity contribution < 1.29 is 18.0 Å². The molecule has 2 saturated heterocycles. The largest absolute Gasteiger partial charge is 0.416 e. The maximum atomic E-state index is 12.6. The molecule has 3 rings (SSSR count). The second-order valence-electron chi connectivity index (χ2n) is 6.38. The van der Waals surface area contributed by atoms with Crippen molar-refractivity contribution in [3.05, 3.63) is 29.8 Å². The summed E-state index contributed by atoms with van der Waals surface area (Å²) in [6.07, 6.45) is -2.53. The Balaban J connectivity index is 1.55. The molecular weight excluding hydrogens is 319 g/mol. The molecule has 7 heteroatoms. The topological polar surface area (TPSA) is 35.6 Å². The smallest absolute Gasteiger partial charge is 0.368 e. The quantitative estimate of drug-likeness (QED) is 0.897. The van der Waals surface area contributed by atoms with Crippen molar-refractivity contribution >= 4 is 11.6 Å². The molecule has 2 fully saturated rings. The molecule has 0 saturated carbocycles. The molecule has 2 aliphatic rings. The Hall–Kier alpha value is -1.76. The van der Waals surface area contributed by atoms with Gasteiger partial charge in [0.05, 0.1) is 5.56 Å². The van der Waals surface area contributed by atoms with Crippen LogP contribution in [0.3, 0.4) is 0 Å². The molecule has 2 aliphatic heterocycles. The van der Waals surface area contributed by atoms with Gasteiger partial charge in [-0.2, -0.15) is 13.2 Å². The molecule has 4 nitrogen and oxygen atoms in total. The van der Waals surface area contributed by atoms with Gasteiger partial charge in [0, 0.05) is 37.8 Å². The van der Waals surface area contributed by atoms with Crippen molar-refractivity contribution in [2.24, 2.45) is 5.92 Å². The molecule has 0 bridgehead atoms. The van der Waals surface area contributed by atoms with Gasteiger partial charge in [0.15, 0.2) is 0 Å². The summed E-state index contributed by atoms with van der Waals surface area (Å²) >= 11 is 0. The SMILES string of the molecule is O=C(C1CCNCC1)N1CCN(c2ccc(C(F)(F)F)cc2)CC1. The van der Waals surface area contributed by atoms with Gasteiger partial charge in [-0.05, 0) is 50.2 Å². The number of nitrogens with zero attached hydrogens (tertiary/aromatic N) is 2. The maximum Gasteiger partial charge on any atom is 0.416 e. The van der Waals surface area contributed by atoms with Crippen LogP contribution in [-0.4, -0.2) is 50.1 Å². The summed E-state index contributed by atoms with van der Waals surface area (Å²) in [6.45, 7) is 4.35. The van der Waals surface area contributed by atoms with Crippen molar-refractivity contribution in [3.8, 4) is 0 Å². The van der Waals surface area contributed by atoms with Gasteiger partial charge in [-0.25, -0.2) is 0 Å². The third-order valence-electron chi connectivity index (χ3n) is 4.84. The fourth-order valence-electron chi connectivity index (χ4n) is 3.37. The van der Waals surface area contributed by atoms with E-state index in [9.17, 15) is 18.0 Å². The van der Waals surface area contributed by atoms with E-state index in [1.807, 2.05) is 9.80 Å². The fraction of sp³-hybridized carbons (Fsp3) is 0.588. The number of nitrogens with one attached hydrogen (secondary N) is 1. The Bertz CT molecular complexity index is 559. The van der Waals surface area contributed by atoms with Gasteiger partial charge in [-0.1, -0.05) is 0 Å². The summed E-state index contributed by atoms with van der Waals surface area (Å²) in [7, 11) is 0. The first-order valence-electron chi connectivity index (χ1n) is 8.37. The van der Waals surface area contributed by atoms with Crippen LogP contribution in [0.1, 0.15) is 18.4 Å². The van der Waals surface area contributed by atoms with Crippen LogP contribution in [0.5, 0.6) is 0 Å². The van der Waals surface area contributed by atoms with Crippen molar-refractivity contribution in [3.63, 3.8) is 0 Å². The first kappa shape index (κ1) is 17.1. The molecule has 0 atom stereocenters. The Morgan fingerprint density at radius 3 is 2.12 bits per heavy atom. The van der Waals surface area contributed by atoms with E-state index in [2.05, 4.69) is 5.32 Å². The number of piperidine rings is 1. The number of benzene rings is 1. The average Bonchev–Trinajstić information content (AvgIpc) is 2.61. The molecule has 1 aromatic carbocycles. The van der Waals surface area contributed by atoms with Gasteiger partial charge in [0.25, 0.3) is 0 Å². The van der Waals surface area contributed by atoms with E-state index in [4.69, 9.17) is 0 Å². The number of halogens is 3. The number of hydrogen-bond donors (Lipinski definition) is 1.